The molecule has 0 aliphatic carbocycles. The van der Waals surface area contributed by atoms with Crippen LogP contribution in [0.4, 0.5) is 0 Å². The van der Waals surface area contributed by atoms with Crippen molar-refractivity contribution in [3.8, 4) is 0 Å². The summed E-state index contributed by atoms with van der Waals surface area (Å²) in [7, 11) is 4.30. The smallest absolute Gasteiger partial charge is 0.181 e. The van der Waals surface area contributed by atoms with E-state index in [1.807, 2.05) is 6.07 Å². The summed E-state index contributed by atoms with van der Waals surface area (Å²) in [5, 5.41) is 2.41. The molecule has 1 aromatic rings. The van der Waals surface area contributed by atoms with Crippen LogP contribution in [0.5, 0.6) is 0 Å². The lowest BCUT2D eigenvalue weighted by atomic mass is 10.1. The molecular weight excluding hydrogens is 204 g/mol. The normalized spacial score (nSPS) is 10.8. The van der Waals surface area contributed by atoms with Gasteiger partial charge in [0.25, 0.3) is 0 Å². The van der Waals surface area contributed by atoms with Gasteiger partial charge in [-0.2, -0.15) is 4.99 Å². The van der Waals surface area contributed by atoms with Crippen LogP contribution in [-0.2, 0) is 6.42 Å². The van der Waals surface area contributed by atoms with Crippen LogP contribution in [-0.4, -0.2) is 37.0 Å². The second-order valence-electron chi connectivity index (χ2n) is 4.29. The van der Waals surface area contributed by atoms with Crippen molar-refractivity contribution in [2.45, 2.75) is 6.42 Å². The molecule has 0 aliphatic rings. The van der Waals surface area contributed by atoms with Crippen LogP contribution >= 0.6 is 12.2 Å². The third-order valence-corrected chi connectivity index (χ3v) is 2.50. The fourth-order valence-corrected chi connectivity index (χ4v) is 1.43. The van der Waals surface area contributed by atoms with E-state index < -0.39 is 0 Å². The highest BCUT2D eigenvalue weighted by molar-refractivity contribution is 7.78. The number of rotatable bonds is 5. The van der Waals surface area contributed by atoms with Crippen molar-refractivity contribution < 1.29 is 4.48 Å². The summed E-state index contributed by atoms with van der Waals surface area (Å²) < 4.78 is 0.846. The van der Waals surface area contributed by atoms with Gasteiger partial charge in [0, 0.05) is 6.42 Å². The molecule has 0 spiro atoms. The molecule has 0 N–H and O–H groups in total. The molecule has 0 unspecified atom stereocenters. The van der Waals surface area contributed by atoms with Crippen molar-refractivity contribution in [3.05, 3.63) is 35.9 Å². The van der Waals surface area contributed by atoms with E-state index in [0.29, 0.717) is 6.67 Å². The number of likely N-dealkylation sites (N-methyl/N-ethyl adjacent to an activating group) is 1. The zero-order chi connectivity index (χ0) is 11.1. The Morgan fingerprint density at radius 3 is 2.53 bits per heavy atom. The maximum atomic E-state index is 4.57. The Bertz CT molecular complexity index is 340. The van der Waals surface area contributed by atoms with Gasteiger partial charge in [0.15, 0.2) is 6.67 Å². The molecule has 0 bridgehead atoms. The largest absolute Gasteiger partial charge is 0.309 e. The van der Waals surface area contributed by atoms with E-state index in [9.17, 15) is 0 Å². The highest BCUT2D eigenvalue weighted by Crippen LogP contribution is 2.04. The van der Waals surface area contributed by atoms with Crippen LogP contribution in [0.15, 0.2) is 35.3 Å². The molecule has 3 heteroatoms. The fraction of sp³-hybridized carbons (Fsp3) is 0.417. The first kappa shape index (κ1) is 12.1. The lowest BCUT2D eigenvalue weighted by Gasteiger charge is -2.27. The zero-order valence-corrected chi connectivity index (χ0v) is 10.1. The number of hydrogen-bond donors (Lipinski definition) is 0. The summed E-state index contributed by atoms with van der Waals surface area (Å²) in [5.74, 6) is 0. The summed E-state index contributed by atoms with van der Waals surface area (Å²) in [5.41, 5.74) is 1.37. The number of isothiocyanates is 1. The second kappa shape index (κ2) is 5.76. The van der Waals surface area contributed by atoms with Gasteiger partial charge in [0.1, 0.15) is 0 Å². The average Bonchev–Trinajstić information content (AvgIpc) is 2.25. The molecule has 0 atom stereocenters. The van der Waals surface area contributed by atoms with E-state index in [1.165, 1.54) is 5.56 Å². The SMILES string of the molecule is C[N+](C)(CCc1ccccc1)CN=C=S. The molecule has 0 radical (unpaired) electrons. The minimum atomic E-state index is 0.705. The number of hydrogen-bond acceptors (Lipinski definition) is 2. The second-order valence-corrected chi connectivity index (χ2v) is 4.47. The molecule has 0 aromatic heterocycles. The van der Waals surface area contributed by atoms with E-state index in [0.717, 1.165) is 17.4 Å². The summed E-state index contributed by atoms with van der Waals surface area (Å²) in [6.07, 6.45) is 1.07. The molecule has 15 heavy (non-hydrogen) atoms. The van der Waals surface area contributed by atoms with Crippen LogP contribution in [0.25, 0.3) is 0 Å². The van der Waals surface area contributed by atoms with E-state index in [2.05, 4.69) is 60.7 Å². The predicted molar refractivity (Wildman–Crippen MR) is 67.0 cm³/mol. The van der Waals surface area contributed by atoms with Gasteiger partial charge in [-0.05, 0) is 17.8 Å². The minimum absolute atomic E-state index is 0.705. The molecule has 0 saturated carbocycles. The molecular formula is C12H17N2S+. The molecule has 80 valence electrons. The van der Waals surface area contributed by atoms with Crippen LogP contribution in [0.3, 0.4) is 0 Å². The van der Waals surface area contributed by atoms with Gasteiger partial charge < -0.3 is 4.48 Å². The van der Waals surface area contributed by atoms with E-state index in [1.54, 1.807) is 0 Å². The topological polar surface area (TPSA) is 12.4 Å². The first-order valence-electron chi connectivity index (χ1n) is 5.04. The number of nitrogens with zero attached hydrogens (tertiary/aromatic N) is 2. The minimum Gasteiger partial charge on any atom is -0.309 e. The summed E-state index contributed by atoms with van der Waals surface area (Å²) in [6.45, 7) is 1.76. The maximum absolute atomic E-state index is 4.57. The van der Waals surface area contributed by atoms with Crippen molar-refractivity contribution in [2.75, 3.05) is 27.3 Å². The van der Waals surface area contributed by atoms with Crippen LogP contribution < -0.4 is 0 Å². The molecule has 0 amide bonds. The first-order valence-corrected chi connectivity index (χ1v) is 5.44. The molecule has 0 fully saturated rings. The summed E-state index contributed by atoms with van der Waals surface area (Å²) >= 11 is 4.57. The standard InChI is InChI=1S/C12H17N2S/c1-14(2,10-13-11-15)9-8-12-6-4-3-5-7-12/h3-7H,8-10H2,1-2H3/q+1. The van der Waals surface area contributed by atoms with Crippen molar-refractivity contribution in [1.82, 2.24) is 0 Å². The maximum Gasteiger partial charge on any atom is 0.181 e. The summed E-state index contributed by atoms with van der Waals surface area (Å²) in [4.78, 5) is 3.99. The first-order chi connectivity index (χ1) is 7.14. The van der Waals surface area contributed by atoms with Gasteiger partial charge in [-0.15, -0.1) is 0 Å². The molecule has 1 aromatic carbocycles. The van der Waals surface area contributed by atoms with E-state index >= 15 is 0 Å². The number of benzene rings is 1. The van der Waals surface area contributed by atoms with Gasteiger partial charge in [0.05, 0.1) is 25.8 Å². The molecule has 0 aliphatic heterocycles. The van der Waals surface area contributed by atoms with Gasteiger partial charge in [-0.3, -0.25) is 0 Å². The third kappa shape index (κ3) is 4.84. The van der Waals surface area contributed by atoms with Gasteiger partial charge in [-0.25, -0.2) is 0 Å². The number of quaternary nitrogens is 1. The van der Waals surface area contributed by atoms with E-state index in [4.69, 9.17) is 0 Å². The van der Waals surface area contributed by atoms with Crippen LogP contribution in [0.1, 0.15) is 5.56 Å². The van der Waals surface area contributed by atoms with E-state index in [-0.39, 0.29) is 0 Å². The zero-order valence-electron chi connectivity index (χ0n) is 9.31. The van der Waals surface area contributed by atoms with Crippen LogP contribution in [0, 0.1) is 0 Å². The third-order valence-electron chi connectivity index (χ3n) is 2.37. The molecule has 0 saturated heterocycles. The van der Waals surface area contributed by atoms with Crippen LogP contribution in [0.2, 0.25) is 0 Å². The van der Waals surface area contributed by atoms with Crippen molar-refractivity contribution in [3.63, 3.8) is 0 Å². The van der Waals surface area contributed by atoms with Crippen molar-refractivity contribution >= 4 is 17.4 Å². The molecule has 1 rings (SSSR count). The lowest BCUT2D eigenvalue weighted by Crippen LogP contribution is -2.41. The van der Waals surface area contributed by atoms with Crippen molar-refractivity contribution in [1.29, 1.82) is 0 Å². The highest BCUT2D eigenvalue weighted by Gasteiger charge is 2.13. The Labute approximate surface area is 96.8 Å². The summed E-state index contributed by atoms with van der Waals surface area (Å²) in [6, 6.07) is 10.5. The lowest BCUT2D eigenvalue weighted by molar-refractivity contribution is -0.889. The Hall–Kier alpha value is -1.02. The highest BCUT2D eigenvalue weighted by atomic mass is 32.1. The monoisotopic (exact) mass is 221 g/mol. The predicted octanol–water partition coefficient (Wildman–Crippen LogP) is 2.37. The number of thiocarbonyl (C=S) groups is 1. The van der Waals surface area contributed by atoms with Gasteiger partial charge >= 0.3 is 0 Å². The Balaban J connectivity index is 2.45. The Morgan fingerprint density at radius 2 is 1.93 bits per heavy atom. The van der Waals surface area contributed by atoms with Gasteiger partial charge in [0.2, 0.25) is 0 Å². The molecule has 2 nitrogen and oxygen atoms in total. The van der Waals surface area contributed by atoms with Gasteiger partial charge in [-0.1, -0.05) is 30.3 Å². The number of aliphatic imine (C=N–C) groups is 1. The fourth-order valence-electron chi connectivity index (χ4n) is 1.37. The quantitative estimate of drug-likeness (QED) is 0.422. The Kier molecular flexibility index (Phi) is 4.63. The molecule has 0 heterocycles. The average molecular weight is 221 g/mol. The van der Waals surface area contributed by atoms with Crippen molar-refractivity contribution in [2.24, 2.45) is 4.99 Å². The Morgan fingerprint density at radius 1 is 1.27 bits per heavy atom.